The third-order valence-corrected chi connectivity index (χ3v) is 3.28. The first-order valence-electron chi connectivity index (χ1n) is 5.94. The van der Waals surface area contributed by atoms with Crippen LogP contribution in [0.3, 0.4) is 0 Å². The molecule has 0 atom stereocenters. The number of carbonyl (C=O) groups excluding carboxylic acids is 1. The van der Waals surface area contributed by atoms with Gasteiger partial charge in [0.05, 0.1) is 11.3 Å². The molecule has 1 aromatic heterocycles. The fourth-order valence-corrected chi connectivity index (χ4v) is 2.35. The van der Waals surface area contributed by atoms with Gasteiger partial charge in [-0.2, -0.15) is 0 Å². The molecule has 2 aromatic rings. The van der Waals surface area contributed by atoms with Crippen LogP contribution >= 0.6 is 0 Å². The number of hydrogen-bond donors (Lipinski definition) is 2. The number of aromatic nitrogens is 1. The van der Waals surface area contributed by atoms with Crippen LogP contribution in [0.25, 0.3) is 0 Å². The third-order valence-electron chi connectivity index (χ3n) is 3.28. The van der Waals surface area contributed by atoms with Crippen LogP contribution in [0.2, 0.25) is 0 Å². The van der Waals surface area contributed by atoms with E-state index in [1.165, 1.54) is 0 Å². The number of nitrogens with one attached hydrogen (secondary N) is 1. The maximum absolute atomic E-state index is 12.6. The van der Waals surface area contributed by atoms with Crippen molar-refractivity contribution in [2.24, 2.45) is 0 Å². The van der Waals surface area contributed by atoms with Crippen LogP contribution in [0.15, 0.2) is 36.5 Å². The van der Waals surface area contributed by atoms with Crippen molar-refractivity contribution >= 4 is 17.3 Å². The van der Waals surface area contributed by atoms with E-state index in [4.69, 9.17) is 5.21 Å². The monoisotopic (exact) mass is 273 g/mol. The molecule has 0 saturated heterocycles. The topological polar surface area (TPSA) is 97.0 Å². The van der Waals surface area contributed by atoms with E-state index in [1.807, 2.05) is 18.0 Å². The van der Waals surface area contributed by atoms with Crippen LogP contribution in [0.4, 0.5) is 11.5 Å². The lowest BCUT2D eigenvalue weighted by molar-refractivity contribution is 0.103. The standard InChI is InChI=1S/C14H13N3O2.H2O/c1-17-8-9-4-5-10(16-19)7-12(9)13(18)11-3-2-6-15-14(11)17;/h2-7,16,19H,8H2,1H3;1H2. The molecule has 1 aliphatic rings. The highest BCUT2D eigenvalue weighted by atomic mass is 16.5. The van der Waals surface area contributed by atoms with Gasteiger partial charge in [0.2, 0.25) is 0 Å². The second kappa shape index (κ2) is 5.28. The van der Waals surface area contributed by atoms with E-state index < -0.39 is 0 Å². The lowest BCUT2D eigenvalue weighted by Crippen LogP contribution is -2.17. The van der Waals surface area contributed by atoms with Gasteiger partial charge in [0, 0.05) is 25.4 Å². The molecule has 0 aliphatic carbocycles. The molecular weight excluding hydrogens is 258 g/mol. The highest BCUT2D eigenvalue weighted by Crippen LogP contribution is 2.29. The number of nitrogens with zero attached hydrogens (tertiary/aromatic N) is 2. The van der Waals surface area contributed by atoms with Crippen LogP contribution in [0.1, 0.15) is 21.5 Å². The Balaban J connectivity index is 0.00000147. The van der Waals surface area contributed by atoms with Gasteiger partial charge in [-0.15, -0.1) is 0 Å². The molecule has 20 heavy (non-hydrogen) atoms. The third kappa shape index (κ3) is 2.11. The molecule has 0 bridgehead atoms. The fraction of sp³-hybridized carbons (Fsp3) is 0.143. The Hall–Kier alpha value is -2.44. The minimum Gasteiger partial charge on any atom is -0.412 e. The fourth-order valence-electron chi connectivity index (χ4n) is 2.35. The first-order chi connectivity index (χ1) is 9.20. The number of benzene rings is 1. The van der Waals surface area contributed by atoms with E-state index in [-0.39, 0.29) is 11.3 Å². The van der Waals surface area contributed by atoms with Crippen LogP contribution in [0.5, 0.6) is 0 Å². The molecule has 6 nitrogen and oxygen atoms in total. The van der Waals surface area contributed by atoms with Gasteiger partial charge in [0.1, 0.15) is 5.82 Å². The Labute approximate surface area is 115 Å². The quantitative estimate of drug-likeness (QED) is 0.762. The molecule has 0 saturated carbocycles. The van der Waals surface area contributed by atoms with Crippen LogP contribution in [0, 0.1) is 0 Å². The smallest absolute Gasteiger partial charge is 0.197 e. The first-order valence-corrected chi connectivity index (χ1v) is 5.94. The molecule has 4 N–H and O–H groups in total. The Kier molecular flexibility index (Phi) is 3.69. The van der Waals surface area contributed by atoms with E-state index in [0.717, 1.165) is 5.56 Å². The van der Waals surface area contributed by atoms with Crippen molar-refractivity contribution in [3.8, 4) is 0 Å². The highest BCUT2D eigenvalue weighted by Gasteiger charge is 2.24. The summed E-state index contributed by atoms with van der Waals surface area (Å²) in [7, 11) is 1.91. The van der Waals surface area contributed by atoms with E-state index >= 15 is 0 Å². The average molecular weight is 273 g/mol. The molecule has 1 aliphatic heterocycles. The summed E-state index contributed by atoms with van der Waals surface area (Å²) in [6.07, 6.45) is 1.68. The summed E-state index contributed by atoms with van der Waals surface area (Å²) in [5.41, 5.74) is 4.67. The summed E-state index contributed by atoms with van der Waals surface area (Å²) in [6, 6.07) is 8.77. The maximum Gasteiger partial charge on any atom is 0.197 e. The van der Waals surface area contributed by atoms with Gasteiger partial charge in [0.25, 0.3) is 0 Å². The van der Waals surface area contributed by atoms with Crippen LogP contribution in [-0.4, -0.2) is 28.5 Å². The Bertz CT molecular complexity index is 658. The summed E-state index contributed by atoms with van der Waals surface area (Å²) in [5, 5.41) is 8.96. The zero-order valence-corrected chi connectivity index (χ0v) is 10.9. The second-order valence-corrected chi connectivity index (χ2v) is 4.54. The second-order valence-electron chi connectivity index (χ2n) is 4.54. The molecule has 0 fully saturated rings. The average Bonchev–Trinajstić information content (AvgIpc) is 2.56. The normalized spacial score (nSPS) is 12.9. The van der Waals surface area contributed by atoms with Gasteiger partial charge >= 0.3 is 0 Å². The molecule has 6 heteroatoms. The van der Waals surface area contributed by atoms with Gasteiger partial charge in [-0.25, -0.2) is 4.98 Å². The van der Waals surface area contributed by atoms with E-state index in [1.54, 1.807) is 30.5 Å². The summed E-state index contributed by atoms with van der Waals surface area (Å²) in [6.45, 7) is 0.608. The Morgan fingerprint density at radius 3 is 2.85 bits per heavy atom. The maximum atomic E-state index is 12.6. The number of hydrogen-bond acceptors (Lipinski definition) is 5. The van der Waals surface area contributed by atoms with Crippen molar-refractivity contribution in [2.45, 2.75) is 6.54 Å². The predicted molar refractivity (Wildman–Crippen MR) is 75.2 cm³/mol. The Morgan fingerprint density at radius 2 is 2.10 bits per heavy atom. The molecule has 0 spiro atoms. The lowest BCUT2D eigenvalue weighted by atomic mass is 10.00. The van der Waals surface area contributed by atoms with Crippen molar-refractivity contribution in [3.05, 3.63) is 53.2 Å². The molecule has 0 radical (unpaired) electrons. The number of carbonyl (C=O) groups is 1. The van der Waals surface area contributed by atoms with E-state index in [0.29, 0.717) is 29.2 Å². The zero-order chi connectivity index (χ0) is 13.4. The van der Waals surface area contributed by atoms with E-state index in [2.05, 4.69) is 10.5 Å². The molecule has 2 heterocycles. The van der Waals surface area contributed by atoms with Gasteiger partial charge in [0.15, 0.2) is 5.78 Å². The Morgan fingerprint density at radius 1 is 1.30 bits per heavy atom. The molecule has 1 aromatic carbocycles. The summed E-state index contributed by atoms with van der Waals surface area (Å²) in [5.74, 6) is 0.613. The summed E-state index contributed by atoms with van der Waals surface area (Å²) >= 11 is 0. The van der Waals surface area contributed by atoms with Crippen LogP contribution < -0.4 is 10.4 Å². The van der Waals surface area contributed by atoms with E-state index in [9.17, 15) is 4.79 Å². The largest absolute Gasteiger partial charge is 0.412 e. The SMILES string of the molecule is CN1Cc2ccc(NO)cc2C(=O)c2cccnc21.O. The molecule has 0 amide bonds. The zero-order valence-electron chi connectivity index (χ0n) is 10.9. The van der Waals surface area contributed by atoms with Gasteiger partial charge < -0.3 is 10.4 Å². The van der Waals surface area contributed by atoms with Gasteiger partial charge in [-0.05, 0) is 29.8 Å². The van der Waals surface area contributed by atoms with Crippen molar-refractivity contribution in [2.75, 3.05) is 17.4 Å². The summed E-state index contributed by atoms with van der Waals surface area (Å²) in [4.78, 5) is 18.8. The summed E-state index contributed by atoms with van der Waals surface area (Å²) < 4.78 is 0. The van der Waals surface area contributed by atoms with Crippen LogP contribution in [-0.2, 0) is 6.54 Å². The lowest BCUT2D eigenvalue weighted by Gasteiger charge is -2.17. The minimum atomic E-state index is -0.0699. The minimum absolute atomic E-state index is 0. The van der Waals surface area contributed by atoms with Gasteiger partial charge in [-0.1, -0.05) is 6.07 Å². The number of pyridine rings is 1. The number of ketones is 1. The molecule has 104 valence electrons. The molecule has 0 unspecified atom stereocenters. The van der Waals surface area contributed by atoms with Crippen molar-refractivity contribution < 1.29 is 15.5 Å². The molecule has 3 rings (SSSR count). The predicted octanol–water partition coefficient (Wildman–Crippen LogP) is 1.24. The van der Waals surface area contributed by atoms with Crippen molar-refractivity contribution in [3.63, 3.8) is 0 Å². The number of rotatable bonds is 1. The molecular formula is C14H15N3O3. The van der Waals surface area contributed by atoms with Crippen molar-refractivity contribution in [1.82, 2.24) is 4.98 Å². The number of fused-ring (bicyclic) bond motifs is 2. The highest BCUT2D eigenvalue weighted by molar-refractivity contribution is 6.13. The van der Waals surface area contributed by atoms with Gasteiger partial charge in [-0.3, -0.25) is 15.5 Å². The number of anilines is 2. The van der Waals surface area contributed by atoms with Crippen molar-refractivity contribution in [1.29, 1.82) is 0 Å². The first kappa shape index (κ1) is 14.0.